The second kappa shape index (κ2) is 8.54. The summed E-state index contributed by atoms with van der Waals surface area (Å²) >= 11 is 0. The van der Waals surface area contributed by atoms with Crippen molar-refractivity contribution in [3.05, 3.63) is 29.8 Å². The summed E-state index contributed by atoms with van der Waals surface area (Å²) in [5.74, 6) is -1.42. The Hall–Kier alpha value is -2.70. The van der Waals surface area contributed by atoms with Gasteiger partial charge in [-0.3, -0.25) is 19.3 Å². The number of fused-ring (bicyclic) bond motifs is 1. The van der Waals surface area contributed by atoms with Crippen molar-refractivity contribution in [1.82, 2.24) is 4.90 Å². The maximum Gasteiger partial charge on any atom is 0.329 e. The van der Waals surface area contributed by atoms with Gasteiger partial charge in [0.1, 0.15) is 25.0 Å². The Labute approximate surface area is 164 Å². The van der Waals surface area contributed by atoms with Gasteiger partial charge in [-0.05, 0) is 38.8 Å². The van der Waals surface area contributed by atoms with Crippen molar-refractivity contribution in [3.63, 3.8) is 0 Å². The van der Waals surface area contributed by atoms with Crippen LogP contribution in [0.25, 0.3) is 0 Å². The summed E-state index contributed by atoms with van der Waals surface area (Å²) in [6.45, 7) is 2.99. The lowest BCUT2D eigenvalue weighted by atomic mass is 9.81. The lowest BCUT2D eigenvalue weighted by Gasteiger charge is -2.21. The third kappa shape index (κ3) is 3.93. The van der Waals surface area contributed by atoms with Crippen molar-refractivity contribution < 1.29 is 28.7 Å². The fraction of sp³-hybridized carbons (Fsp3) is 0.524. The fourth-order valence-electron chi connectivity index (χ4n) is 3.97. The molecule has 2 fully saturated rings. The highest BCUT2D eigenvalue weighted by Gasteiger charge is 2.51. The molecule has 0 spiro atoms. The van der Waals surface area contributed by atoms with E-state index in [-0.39, 0.29) is 42.6 Å². The number of para-hydroxylation sites is 1. The smallest absolute Gasteiger partial charge is 0.329 e. The summed E-state index contributed by atoms with van der Waals surface area (Å²) in [6.07, 6.45) is 3.28. The predicted molar refractivity (Wildman–Crippen MR) is 99.7 cm³/mol. The number of hydrogen-bond acceptors (Lipinski definition) is 6. The van der Waals surface area contributed by atoms with Crippen molar-refractivity contribution in [1.29, 1.82) is 0 Å². The second-order valence-electron chi connectivity index (χ2n) is 7.29. The minimum absolute atomic E-state index is 0.0432. The molecule has 7 heteroatoms. The van der Waals surface area contributed by atoms with Crippen LogP contribution in [-0.2, 0) is 19.1 Å². The molecule has 0 unspecified atom stereocenters. The largest absolute Gasteiger partial charge is 0.489 e. The molecule has 1 saturated carbocycles. The van der Waals surface area contributed by atoms with Crippen LogP contribution in [0, 0.1) is 11.8 Å². The van der Waals surface area contributed by atoms with Gasteiger partial charge in [-0.2, -0.15) is 0 Å². The number of carbonyl (C=O) groups excluding carboxylic acids is 4. The van der Waals surface area contributed by atoms with Crippen molar-refractivity contribution in [2.45, 2.75) is 45.6 Å². The van der Waals surface area contributed by atoms with Crippen LogP contribution in [0.15, 0.2) is 24.3 Å². The van der Waals surface area contributed by atoms with E-state index in [2.05, 4.69) is 0 Å². The maximum atomic E-state index is 12.6. The first-order valence-corrected chi connectivity index (χ1v) is 9.68. The third-order valence-electron chi connectivity index (χ3n) is 5.46. The van der Waals surface area contributed by atoms with Gasteiger partial charge in [-0.25, -0.2) is 4.79 Å². The van der Waals surface area contributed by atoms with Gasteiger partial charge in [0.05, 0.1) is 17.4 Å². The van der Waals surface area contributed by atoms with Gasteiger partial charge < -0.3 is 9.47 Å². The van der Waals surface area contributed by atoms with Crippen LogP contribution in [0.4, 0.5) is 0 Å². The van der Waals surface area contributed by atoms with E-state index in [1.165, 1.54) is 13.8 Å². The number of amides is 2. The Morgan fingerprint density at radius 2 is 1.68 bits per heavy atom. The number of benzene rings is 1. The fourth-order valence-corrected chi connectivity index (χ4v) is 3.97. The van der Waals surface area contributed by atoms with Gasteiger partial charge in [0.2, 0.25) is 11.8 Å². The number of ketones is 1. The highest BCUT2D eigenvalue weighted by molar-refractivity contribution is 6.07. The number of Topliss-reactive ketones (excluding diaryl/α,β-unsaturated/α-hetero) is 1. The molecular weight excluding hydrogens is 362 g/mol. The van der Waals surface area contributed by atoms with E-state index < -0.39 is 12.0 Å². The SMILES string of the molecule is CC(=O)c1ccccc1OCCOC(=O)[C@@H](C)N1C(=O)[C@H]2CCCC[C@H]2C1=O. The molecule has 28 heavy (non-hydrogen) atoms. The first-order valence-electron chi connectivity index (χ1n) is 9.68. The Kier molecular flexibility index (Phi) is 6.11. The van der Waals surface area contributed by atoms with Gasteiger partial charge in [-0.15, -0.1) is 0 Å². The molecular formula is C21H25NO6. The molecule has 1 aliphatic heterocycles. The normalized spacial score (nSPS) is 22.6. The summed E-state index contributed by atoms with van der Waals surface area (Å²) in [7, 11) is 0. The van der Waals surface area contributed by atoms with Crippen LogP contribution in [0.1, 0.15) is 49.9 Å². The van der Waals surface area contributed by atoms with Crippen molar-refractivity contribution in [3.8, 4) is 5.75 Å². The standard InChI is InChI=1S/C21H25NO6/c1-13(22-19(24)16-8-3-4-9-17(16)20(22)25)21(26)28-12-11-27-18-10-6-5-7-15(18)14(2)23/h5-7,10,13,16-17H,3-4,8-9,11-12H2,1-2H3/t13-,16-,17+/m1/s1. The predicted octanol–water partition coefficient (Wildman–Crippen LogP) is 2.37. The van der Waals surface area contributed by atoms with Crippen molar-refractivity contribution in [2.24, 2.45) is 11.8 Å². The average molecular weight is 387 g/mol. The molecule has 0 aromatic heterocycles. The Morgan fingerprint density at radius 3 is 2.29 bits per heavy atom. The lowest BCUT2D eigenvalue weighted by molar-refractivity contribution is -0.158. The first kappa shape index (κ1) is 20.0. The molecule has 7 nitrogen and oxygen atoms in total. The molecule has 1 heterocycles. The van der Waals surface area contributed by atoms with Crippen molar-refractivity contribution in [2.75, 3.05) is 13.2 Å². The molecule has 1 saturated heterocycles. The molecule has 1 aliphatic carbocycles. The van der Waals surface area contributed by atoms with E-state index in [1.807, 2.05) is 0 Å². The number of ether oxygens (including phenoxy) is 2. The summed E-state index contributed by atoms with van der Waals surface area (Å²) in [6, 6.07) is 5.88. The molecule has 0 radical (unpaired) electrons. The van der Waals surface area contributed by atoms with Crippen LogP contribution in [0.2, 0.25) is 0 Å². The average Bonchev–Trinajstić information content (AvgIpc) is 2.95. The minimum atomic E-state index is -0.949. The Morgan fingerprint density at radius 1 is 1.07 bits per heavy atom. The van der Waals surface area contributed by atoms with Crippen LogP contribution in [0.3, 0.4) is 0 Å². The summed E-state index contributed by atoms with van der Waals surface area (Å²) in [4.78, 5) is 50.1. The molecule has 1 aromatic carbocycles. The summed E-state index contributed by atoms with van der Waals surface area (Å²) in [5.41, 5.74) is 0.457. The van der Waals surface area contributed by atoms with Crippen molar-refractivity contribution >= 4 is 23.6 Å². The van der Waals surface area contributed by atoms with Crippen LogP contribution in [-0.4, -0.2) is 47.7 Å². The molecule has 0 N–H and O–H groups in total. The highest BCUT2D eigenvalue weighted by Crippen LogP contribution is 2.38. The van der Waals surface area contributed by atoms with E-state index in [0.717, 1.165) is 17.7 Å². The zero-order valence-corrected chi connectivity index (χ0v) is 16.2. The first-order chi connectivity index (χ1) is 13.4. The number of rotatable bonds is 7. The third-order valence-corrected chi connectivity index (χ3v) is 5.46. The van der Waals surface area contributed by atoms with E-state index in [1.54, 1.807) is 24.3 Å². The number of nitrogens with zero attached hydrogens (tertiary/aromatic N) is 1. The van der Waals surface area contributed by atoms with E-state index in [9.17, 15) is 19.2 Å². The Balaban J connectivity index is 1.52. The van der Waals surface area contributed by atoms with Gasteiger partial charge in [0.25, 0.3) is 0 Å². The number of esters is 1. The monoisotopic (exact) mass is 387 g/mol. The molecule has 0 bridgehead atoms. The van der Waals surface area contributed by atoms with E-state index >= 15 is 0 Å². The van der Waals surface area contributed by atoms with E-state index in [4.69, 9.17) is 9.47 Å². The number of imide groups is 1. The van der Waals surface area contributed by atoms with E-state index in [0.29, 0.717) is 24.2 Å². The Bertz CT molecular complexity index is 765. The quantitative estimate of drug-likeness (QED) is 0.309. The van der Waals surface area contributed by atoms with Gasteiger partial charge in [0, 0.05) is 0 Å². The number of hydrogen-bond donors (Lipinski definition) is 0. The number of likely N-dealkylation sites (tertiary alicyclic amines) is 1. The van der Waals surface area contributed by atoms with Gasteiger partial charge in [-0.1, -0.05) is 25.0 Å². The molecule has 3 atom stereocenters. The number of carbonyl (C=O) groups is 4. The zero-order chi connectivity index (χ0) is 20.3. The molecule has 150 valence electrons. The summed E-state index contributed by atoms with van der Waals surface area (Å²) < 4.78 is 10.7. The summed E-state index contributed by atoms with van der Waals surface area (Å²) in [5, 5.41) is 0. The molecule has 2 aliphatic rings. The van der Waals surface area contributed by atoms with Crippen LogP contribution >= 0.6 is 0 Å². The second-order valence-corrected chi connectivity index (χ2v) is 7.29. The topological polar surface area (TPSA) is 90.0 Å². The van der Waals surface area contributed by atoms with Gasteiger partial charge >= 0.3 is 5.97 Å². The van der Waals surface area contributed by atoms with Gasteiger partial charge in [0.15, 0.2) is 5.78 Å². The zero-order valence-electron chi connectivity index (χ0n) is 16.2. The lowest BCUT2D eigenvalue weighted by Crippen LogP contribution is -2.44. The maximum absolute atomic E-state index is 12.6. The highest BCUT2D eigenvalue weighted by atomic mass is 16.6. The molecule has 1 aromatic rings. The van der Waals surface area contributed by atoms with Crippen LogP contribution < -0.4 is 4.74 Å². The minimum Gasteiger partial charge on any atom is -0.489 e. The van der Waals surface area contributed by atoms with Crippen LogP contribution in [0.5, 0.6) is 5.75 Å². The molecule has 3 rings (SSSR count). The molecule has 2 amide bonds.